The highest BCUT2D eigenvalue weighted by Gasteiger charge is 2.26. The molecule has 1 unspecified atom stereocenters. The molecule has 0 aliphatic carbocycles. The van der Waals surface area contributed by atoms with Crippen molar-refractivity contribution in [2.24, 2.45) is 0 Å². The van der Waals surface area contributed by atoms with Gasteiger partial charge in [0.05, 0.1) is 0 Å². The summed E-state index contributed by atoms with van der Waals surface area (Å²) in [4.78, 5) is 14.3. The Morgan fingerprint density at radius 2 is 2.29 bits per heavy atom. The Bertz CT molecular complexity index is 389. The predicted molar refractivity (Wildman–Crippen MR) is 70.0 cm³/mol. The molecule has 1 saturated heterocycles. The van der Waals surface area contributed by atoms with Gasteiger partial charge >= 0.3 is 0 Å². The average Bonchev–Trinajstić information content (AvgIpc) is 2.64. The first kappa shape index (κ1) is 12.7. The van der Waals surface area contributed by atoms with Gasteiger partial charge in [0.15, 0.2) is 10.4 Å². The number of rotatable bonds is 2. The second-order valence-electron chi connectivity index (χ2n) is 4.51. The zero-order valence-corrected chi connectivity index (χ0v) is 11.7. The van der Waals surface area contributed by atoms with Crippen LogP contribution in [0.5, 0.6) is 0 Å². The molecule has 1 amide bonds. The van der Waals surface area contributed by atoms with Crippen LogP contribution in [0.1, 0.15) is 49.6 Å². The van der Waals surface area contributed by atoms with Crippen LogP contribution in [0.4, 0.5) is 0 Å². The summed E-state index contributed by atoms with van der Waals surface area (Å²) in [5.74, 6) is 0.474. The second-order valence-corrected chi connectivity index (χ2v) is 5.30. The summed E-state index contributed by atoms with van der Waals surface area (Å²) in [5.41, 5.74) is 0. The van der Waals surface area contributed by atoms with Crippen LogP contribution >= 0.6 is 15.9 Å². The van der Waals surface area contributed by atoms with Crippen molar-refractivity contribution in [2.75, 3.05) is 6.54 Å². The fourth-order valence-electron chi connectivity index (χ4n) is 2.44. The fraction of sp³-hybridized carbons (Fsp3) is 0.615. The number of carbonyl (C=O) groups is 1. The third-order valence-electron chi connectivity index (χ3n) is 3.39. The summed E-state index contributed by atoms with van der Waals surface area (Å²) in [6.45, 7) is 3.00. The van der Waals surface area contributed by atoms with Crippen LogP contribution in [-0.2, 0) is 0 Å². The van der Waals surface area contributed by atoms with Crippen molar-refractivity contribution in [3.63, 3.8) is 0 Å². The van der Waals surface area contributed by atoms with Gasteiger partial charge in [-0.05, 0) is 47.3 Å². The van der Waals surface area contributed by atoms with Gasteiger partial charge in [0.2, 0.25) is 0 Å². The topological polar surface area (TPSA) is 33.5 Å². The number of nitrogens with zero attached hydrogens (tertiary/aromatic N) is 1. The molecule has 0 aromatic carbocycles. The Morgan fingerprint density at radius 1 is 1.47 bits per heavy atom. The molecule has 94 valence electrons. The second kappa shape index (κ2) is 5.71. The maximum Gasteiger partial charge on any atom is 0.289 e. The van der Waals surface area contributed by atoms with E-state index >= 15 is 0 Å². The van der Waals surface area contributed by atoms with E-state index < -0.39 is 0 Å². The molecule has 0 bridgehead atoms. The molecule has 0 spiro atoms. The van der Waals surface area contributed by atoms with Crippen molar-refractivity contribution >= 4 is 21.8 Å². The number of likely N-dealkylation sites (tertiary alicyclic amines) is 1. The van der Waals surface area contributed by atoms with Crippen molar-refractivity contribution in [2.45, 2.75) is 45.1 Å². The van der Waals surface area contributed by atoms with Gasteiger partial charge in [-0.15, -0.1) is 0 Å². The highest BCUT2D eigenvalue weighted by molar-refractivity contribution is 9.10. The molecule has 3 nitrogen and oxygen atoms in total. The van der Waals surface area contributed by atoms with Crippen LogP contribution in [0.3, 0.4) is 0 Å². The lowest BCUT2D eigenvalue weighted by Crippen LogP contribution is -2.39. The number of hydrogen-bond donors (Lipinski definition) is 0. The minimum Gasteiger partial charge on any atom is -0.444 e. The first-order chi connectivity index (χ1) is 8.22. The molecule has 1 aliphatic rings. The molecule has 4 heteroatoms. The van der Waals surface area contributed by atoms with Gasteiger partial charge in [-0.2, -0.15) is 0 Å². The maximum atomic E-state index is 12.3. The van der Waals surface area contributed by atoms with E-state index in [-0.39, 0.29) is 5.91 Å². The molecule has 0 radical (unpaired) electrons. The van der Waals surface area contributed by atoms with Crippen molar-refractivity contribution in [3.8, 4) is 0 Å². The SMILES string of the molecule is CCC1CCCCCN1C(=O)c1ccc(Br)o1. The maximum absolute atomic E-state index is 12.3. The summed E-state index contributed by atoms with van der Waals surface area (Å²) < 4.78 is 5.97. The van der Waals surface area contributed by atoms with Crippen molar-refractivity contribution < 1.29 is 9.21 Å². The lowest BCUT2D eigenvalue weighted by atomic mass is 10.1. The van der Waals surface area contributed by atoms with E-state index in [4.69, 9.17) is 4.42 Å². The van der Waals surface area contributed by atoms with E-state index in [9.17, 15) is 4.79 Å². The first-order valence-corrected chi connectivity index (χ1v) is 7.08. The zero-order chi connectivity index (χ0) is 12.3. The summed E-state index contributed by atoms with van der Waals surface area (Å²) in [5, 5.41) is 0. The van der Waals surface area contributed by atoms with E-state index in [1.807, 2.05) is 4.90 Å². The normalized spacial score (nSPS) is 21.3. The number of carbonyl (C=O) groups excluding carboxylic acids is 1. The molecule has 1 aromatic heterocycles. The van der Waals surface area contributed by atoms with Gasteiger partial charge in [0.1, 0.15) is 0 Å². The van der Waals surface area contributed by atoms with Gasteiger partial charge in [0, 0.05) is 12.6 Å². The quantitative estimate of drug-likeness (QED) is 0.831. The zero-order valence-electron chi connectivity index (χ0n) is 10.1. The Labute approximate surface area is 110 Å². The third-order valence-corrected chi connectivity index (χ3v) is 3.82. The van der Waals surface area contributed by atoms with Crippen LogP contribution < -0.4 is 0 Å². The van der Waals surface area contributed by atoms with Gasteiger partial charge in [-0.1, -0.05) is 19.8 Å². The average molecular weight is 300 g/mol. The predicted octanol–water partition coefficient (Wildman–Crippen LogP) is 3.84. The Kier molecular flexibility index (Phi) is 4.26. The summed E-state index contributed by atoms with van der Waals surface area (Å²) in [6, 6.07) is 3.88. The van der Waals surface area contributed by atoms with Crippen molar-refractivity contribution in [1.82, 2.24) is 4.90 Å². The monoisotopic (exact) mass is 299 g/mol. The molecule has 1 aromatic rings. The Morgan fingerprint density at radius 3 is 2.94 bits per heavy atom. The molecule has 17 heavy (non-hydrogen) atoms. The van der Waals surface area contributed by atoms with Gasteiger partial charge < -0.3 is 9.32 Å². The standard InChI is InChI=1S/C13H18BrNO2/c1-2-10-6-4-3-5-9-15(10)13(16)11-7-8-12(14)17-11/h7-8,10H,2-6,9H2,1H3. The van der Waals surface area contributed by atoms with Crippen LogP contribution in [0, 0.1) is 0 Å². The highest BCUT2D eigenvalue weighted by Crippen LogP contribution is 2.23. The molecule has 0 N–H and O–H groups in total. The smallest absolute Gasteiger partial charge is 0.289 e. The Balaban J connectivity index is 2.15. The third kappa shape index (κ3) is 2.92. The minimum absolute atomic E-state index is 0.0319. The summed E-state index contributed by atoms with van der Waals surface area (Å²) in [6.07, 6.45) is 5.69. The lowest BCUT2D eigenvalue weighted by Gasteiger charge is -2.28. The fourth-order valence-corrected chi connectivity index (χ4v) is 2.75. The minimum atomic E-state index is 0.0319. The van der Waals surface area contributed by atoms with Crippen LogP contribution in [0.25, 0.3) is 0 Å². The molecule has 2 heterocycles. The molecule has 1 atom stereocenters. The number of furan rings is 1. The number of halogens is 1. The summed E-state index contributed by atoms with van der Waals surface area (Å²) in [7, 11) is 0. The van der Waals surface area contributed by atoms with E-state index in [1.165, 1.54) is 12.8 Å². The molecular weight excluding hydrogens is 282 g/mol. The largest absolute Gasteiger partial charge is 0.444 e. The highest BCUT2D eigenvalue weighted by atomic mass is 79.9. The first-order valence-electron chi connectivity index (χ1n) is 6.28. The van der Waals surface area contributed by atoms with E-state index in [1.54, 1.807) is 12.1 Å². The van der Waals surface area contributed by atoms with Crippen LogP contribution in [0.15, 0.2) is 21.2 Å². The number of amides is 1. The number of hydrogen-bond acceptors (Lipinski definition) is 2. The van der Waals surface area contributed by atoms with E-state index in [0.717, 1.165) is 25.8 Å². The Hall–Kier alpha value is -0.770. The molecule has 2 rings (SSSR count). The van der Waals surface area contributed by atoms with Crippen molar-refractivity contribution in [3.05, 3.63) is 22.6 Å². The summed E-state index contributed by atoms with van der Waals surface area (Å²) >= 11 is 3.23. The van der Waals surface area contributed by atoms with E-state index in [0.29, 0.717) is 16.5 Å². The molecule has 1 fully saturated rings. The van der Waals surface area contributed by atoms with Crippen LogP contribution in [0.2, 0.25) is 0 Å². The molecule has 1 aliphatic heterocycles. The lowest BCUT2D eigenvalue weighted by molar-refractivity contribution is 0.0644. The van der Waals surface area contributed by atoms with Gasteiger partial charge in [-0.25, -0.2) is 0 Å². The molecule has 0 saturated carbocycles. The van der Waals surface area contributed by atoms with Crippen LogP contribution in [-0.4, -0.2) is 23.4 Å². The van der Waals surface area contributed by atoms with Gasteiger partial charge in [-0.3, -0.25) is 4.79 Å². The van der Waals surface area contributed by atoms with E-state index in [2.05, 4.69) is 22.9 Å². The van der Waals surface area contributed by atoms with Gasteiger partial charge in [0.25, 0.3) is 5.91 Å². The van der Waals surface area contributed by atoms with Crippen molar-refractivity contribution in [1.29, 1.82) is 0 Å². The molecular formula is C13H18BrNO2.